The lowest BCUT2D eigenvalue weighted by Crippen LogP contribution is -2.14. The number of hydrogen-bond donors (Lipinski definition) is 0. The van der Waals surface area contributed by atoms with Crippen molar-refractivity contribution in [2.45, 2.75) is 79.6 Å². The first kappa shape index (κ1) is 15.0. The molecule has 0 rings (SSSR count). The summed E-state index contributed by atoms with van der Waals surface area (Å²) < 4.78 is 0. The fraction of sp³-hybridized carbons (Fsp3) is 1.00. The molecule has 2 atom stereocenters. The minimum Gasteiger partial charge on any atom is -0.0654 e. The van der Waals surface area contributed by atoms with Crippen LogP contribution in [-0.4, -0.2) is 0 Å². The summed E-state index contributed by atoms with van der Waals surface area (Å²) in [6, 6.07) is 0. The topological polar surface area (TPSA) is 0 Å². The summed E-state index contributed by atoms with van der Waals surface area (Å²) in [5, 5.41) is 0. The highest BCUT2D eigenvalue weighted by molar-refractivity contribution is 4.68. The Kier molecular flexibility index (Phi) is 9.24. The fourth-order valence-corrected chi connectivity index (χ4v) is 2.50. The van der Waals surface area contributed by atoms with E-state index in [-0.39, 0.29) is 0 Å². The normalized spacial score (nSPS) is 15.6. The van der Waals surface area contributed by atoms with Gasteiger partial charge in [0, 0.05) is 0 Å². The summed E-state index contributed by atoms with van der Waals surface area (Å²) >= 11 is 0. The van der Waals surface area contributed by atoms with Crippen molar-refractivity contribution in [1.29, 1.82) is 0 Å². The zero-order valence-electron chi connectivity index (χ0n) is 11.7. The molecule has 0 radical (unpaired) electrons. The second kappa shape index (κ2) is 9.24. The summed E-state index contributed by atoms with van der Waals surface area (Å²) in [5.74, 6) is 2.83. The first-order valence-electron chi connectivity index (χ1n) is 7.15. The van der Waals surface area contributed by atoms with Gasteiger partial charge < -0.3 is 0 Å². The van der Waals surface area contributed by atoms with Crippen LogP contribution in [-0.2, 0) is 0 Å². The van der Waals surface area contributed by atoms with Crippen LogP contribution < -0.4 is 0 Å². The van der Waals surface area contributed by atoms with E-state index in [2.05, 4.69) is 34.6 Å². The molecule has 0 aromatic heterocycles. The van der Waals surface area contributed by atoms with Crippen LogP contribution in [0.25, 0.3) is 0 Å². The number of hydrogen-bond acceptors (Lipinski definition) is 0. The van der Waals surface area contributed by atoms with Gasteiger partial charge in [-0.25, -0.2) is 0 Å². The van der Waals surface area contributed by atoms with Crippen molar-refractivity contribution in [3.05, 3.63) is 0 Å². The summed E-state index contributed by atoms with van der Waals surface area (Å²) in [6.07, 6.45) is 9.88. The molecule has 0 aromatic rings. The Labute approximate surface area is 97.8 Å². The SMILES string of the molecule is CCCCC(CC)CC(CCC)C(C)C. The highest BCUT2D eigenvalue weighted by Crippen LogP contribution is 2.29. The van der Waals surface area contributed by atoms with Crippen molar-refractivity contribution in [3.8, 4) is 0 Å². The molecule has 0 aliphatic rings. The van der Waals surface area contributed by atoms with Gasteiger partial charge in [0.15, 0.2) is 0 Å². The highest BCUT2D eigenvalue weighted by atomic mass is 14.2. The molecule has 0 heterocycles. The molecule has 0 aromatic carbocycles. The zero-order chi connectivity index (χ0) is 11.7. The lowest BCUT2D eigenvalue weighted by molar-refractivity contribution is 0.262. The largest absolute Gasteiger partial charge is 0.0654 e. The van der Waals surface area contributed by atoms with Crippen molar-refractivity contribution < 1.29 is 0 Å². The van der Waals surface area contributed by atoms with Crippen LogP contribution in [0.4, 0.5) is 0 Å². The van der Waals surface area contributed by atoms with E-state index in [0.29, 0.717) is 0 Å². The zero-order valence-corrected chi connectivity index (χ0v) is 11.7. The van der Waals surface area contributed by atoms with Gasteiger partial charge in [-0.05, 0) is 24.2 Å². The third-order valence-electron chi connectivity index (χ3n) is 3.78. The lowest BCUT2D eigenvalue weighted by atomic mass is 9.81. The van der Waals surface area contributed by atoms with E-state index in [0.717, 1.165) is 17.8 Å². The van der Waals surface area contributed by atoms with Gasteiger partial charge in [0.05, 0.1) is 0 Å². The average molecular weight is 212 g/mol. The molecule has 15 heavy (non-hydrogen) atoms. The molecule has 0 bridgehead atoms. The van der Waals surface area contributed by atoms with Gasteiger partial charge in [-0.3, -0.25) is 0 Å². The van der Waals surface area contributed by atoms with Crippen molar-refractivity contribution in [3.63, 3.8) is 0 Å². The Bertz CT molecular complexity index is 126. The van der Waals surface area contributed by atoms with E-state index in [4.69, 9.17) is 0 Å². The van der Waals surface area contributed by atoms with Crippen molar-refractivity contribution in [1.82, 2.24) is 0 Å². The van der Waals surface area contributed by atoms with E-state index in [1.807, 2.05) is 0 Å². The average Bonchev–Trinajstić information content (AvgIpc) is 2.22. The van der Waals surface area contributed by atoms with Crippen molar-refractivity contribution >= 4 is 0 Å². The Hall–Kier alpha value is 0. The molecule has 0 heteroatoms. The smallest absolute Gasteiger partial charge is 0.0389 e. The molecule has 0 nitrogen and oxygen atoms in total. The van der Waals surface area contributed by atoms with Crippen LogP contribution in [0.1, 0.15) is 79.6 Å². The van der Waals surface area contributed by atoms with Crippen LogP contribution >= 0.6 is 0 Å². The minimum atomic E-state index is 0.876. The van der Waals surface area contributed by atoms with Crippen LogP contribution in [0.5, 0.6) is 0 Å². The molecule has 92 valence electrons. The maximum absolute atomic E-state index is 2.40. The van der Waals surface area contributed by atoms with Gasteiger partial charge in [-0.2, -0.15) is 0 Å². The summed E-state index contributed by atoms with van der Waals surface area (Å²) in [5.41, 5.74) is 0. The Balaban J connectivity index is 3.97. The van der Waals surface area contributed by atoms with Crippen LogP contribution in [0.2, 0.25) is 0 Å². The monoisotopic (exact) mass is 212 g/mol. The highest BCUT2D eigenvalue weighted by Gasteiger charge is 2.17. The lowest BCUT2D eigenvalue weighted by Gasteiger charge is -2.25. The molecule has 2 unspecified atom stereocenters. The third-order valence-corrected chi connectivity index (χ3v) is 3.78. The summed E-state index contributed by atoms with van der Waals surface area (Å²) in [6.45, 7) is 11.8. The number of unbranched alkanes of at least 4 members (excludes halogenated alkanes) is 1. The van der Waals surface area contributed by atoms with Gasteiger partial charge >= 0.3 is 0 Å². The third kappa shape index (κ3) is 6.98. The van der Waals surface area contributed by atoms with Gasteiger partial charge in [-0.15, -0.1) is 0 Å². The molecule has 0 saturated heterocycles. The molecule has 0 spiro atoms. The number of rotatable bonds is 9. The van der Waals surface area contributed by atoms with Crippen LogP contribution in [0.15, 0.2) is 0 Å². The predicted molar refractivity (Wildman–Crippen MR) is 71.2 cm³/mol. The second-order valence-corrected chi connectivity index (χ2v) is 5.44. The van der Waals surface area contributed by atoms with E-state index in [1.54, 1.807) is 0 Å². The van der Waals surface area contributed by atoms with Crippen molar-refractivity contribution in [2.24, 2.45) is 17.8 Å². The first-order valence-corrected chi connectivity index (χ1v) is 7.15. The van der Waals surface area contributed by atoms with Crippen LogP contribution in [0, 0.1) is 17.8 Å². The van der Waals surface area contributed by atoms with Gasteiger partial charge in [0.1, 0.15) is 0 Å². The first-order chi connectivity index (χ1) is 7.15. The standard InChI is InChI=1S/C15H32/c1-6-9-11-14(8-3)12-15(10-7-2)13(4)5/h13-15H,6-12H2,1-5H3. The molecular formula is C15H32. The maximum Gasteiger partial charge on any atom is -0.0389 e. The molecule has 0 saturated carbocycles. The Morgan fingerprint density at radius 3 is 1.93 bits per heavy atom. The van der Waals surface area contributed by atoms with E-state index >= 15 is 0 Å². The summed E-state index contributed by atoms with van der Waals surface area (Å²) in [4.78, 5) is 0. The van der Waals surface area contributed by atoms with Gasteiger partial charge in [-0.1, -0.05) is 73.1 Å². The van der Waals surface area contributed by atoms with Gasteiger partial charge in [0.2, 0.25) is 0 Å². The van der Waals surface area contributed by atoms with Crippen molar-refractivity contribution in [2.75, 3.05) is 0 Å². The van der Waals surface area contributed by atoms with Gasteiger partial charge in [0.25, 0.3) is 0 Å². The van der Waals surface area contributed by atoms with E-state index in [1.165, 1.54) is 44.9 Å². The molecule has 0 fully saturated rings. The van der Waals surface area contributed by atoms with E-state index < -0.39 is 0 Å². The molecule has 0 aliphatic heterocycles. The Morgan fingerprint density at radius 2 is 1.53 bits per heavy atom. The maximum atomic E-state index is 2.40. The molecule has 0 N–H and O–H groups in total. The summed E-state index contributed by atoms with van der Waals surface area (Å²) in [7, 11) is 0. The quantitative estimate of drug-likeness (QED) is 0.462. The minimum absolute atomic E-state index is 0.876. The molecule has 0 amide bonds. The predicted octanol–water partition coefficient (Wildman–Crippen LogP) is 5.67. The molecule has 0 aliphatic carbocycles. The molecular weight excluding hydrogens is 180 g/mol. The second-order valence-electron chi connectivity index (χ2n) is 5.44. The van der Waals surface area contributed by atoms with E-state index in [9.17, 15) is 0 Å². The van der Waals surface area contributed by atoms with Crippen LogP contribution in [0.3, 0.4) is 0 Å². The Morgan fingerprint density at radius 1 is 0.867 bits per heavy atom. The fourth-order valence-electron chi connectivity index (χ4n) is 2.50.